The molecule has 2 nitrogen and oxygen atoms in total. The Labute approximate surface area is 114 Å². The number of hydrogen-bond acceptors (Lipinski definition) is 2. The van der Waals surface area contributed by atoms with Crippen molar-refractivity contribution >= 4 is 11.6 Å². The average Bonchev–Trinajstić information content (AvgIpc) is 2.34. The van der Waals surface area contributed by atoms with E-state index in [1.807, 2.05) is 18.2 Å². The van der Waals surface area contributed by atoms with E-state index in [0.717, 1.165) is 42.6 Å². The fourth-order valence-corrected chi connectivity index (χ4v) is 2.18. The topological polar surface area (TPSA) is 18.5 Å². The second-order valence-corrected chi connectivity index (χ2v) is 5.13. The van der Waals surface area contributed by atoms with Crippen LogP contribution in [0.1, 0.15) is 38.2 Å². The monoisotopic (exact) mass is 268 g/mol. The molecule has 0 radical (unpaired) electrons. The van der Waals surface area contributed by atoms with Crippen LogP contribution < -0.4 is 9.47 Å². The first-order valence-corrected chi connectivity index (χ1v) is 7.31. The van der Waals surface area contributed by atoms with Gasteiger partial charge < -0.3 is 9.47 Å². The number of benzene rings is 1. The smallest absolute Gasteiger partial charge is 0.127 e. The van der Waals surface area contributed by atoms with Gasteiger partial charge in [0, 0.05) is 11.6 Å². The molecule has 0 unspecified atom stereocenters. The Morgan fingerprint density at radius 2 is 2.11 bits per heavy atom. The number of rotatable bonds is 7. The van der Waals surface area contributed by atoms with Gasteiger partial charge in [0.15, 0.2) is 0 Å². The van der Waals surface area contributed by atoms with Crippen LogP contribution in [-0.2, 0) is 5.88 Å². The Morgan fingerprint density at radius 1 is 1.28 bits per heavy atom. The summed E-state index contributed by atoms with van der Waals surface area (Å²) >= 11 is 5.93. The van der Waals surface area contributed by atoms with Crippen LogP contribution in [0.3, 0.4) is 0 Å². The highest BCUT2D eigenvalue weighted by Gasteiger charge is 2.18. The summed E-state index contributed by atoms with van der Waals surface area (Å²) in [5.74, 6) is 2.96. The molecule has 0 atom stereocenters. The van der Waals surface area contributed by atoms with Crippen molar-refractivity contribution in [1.82, 2.24) is 0 Å². The van der Waals surface area contributed by atoms with Crippen molar-refractivity contribution in [2.75, 3.05) is 13.2 Å². The van der Waals surface area contributed by atoms with Crippen molar-refractivity contribution in [3.8, 4) is 11.5 Å². The Bertz CT molecular complexity index is 375. The Balaban J connectivity index is 1.98. The molecule has 1 aromatic rings. The molecule has 2 rings (SSSR count). The third-order valence-corrected chi connectivity index (χ3v) is 3.64. The van der Waals surface area contributed by atoms with Crippen LogP contribution in [0.15, 0.2) is 18.2 Å². The summed E-state index contributed by atoms with van der Waals surface area (Å²) in [5.41, 5.74) is 1.04. The molecule has 1 fully saturated rings. The van der Waals surface area contributed by atoms with Crippen LogP contribution in [0.25, 0.3) is 0 Å². The van der Waals surface area contributed by atoms with E-state index in [2.05, 4.69) is 6.92 Å². The maximum absolute atomic E-state index is 5.93. The fraction of sp³-hybridized carbons (Fsp3) is 0.600. The van der Waals surface area contributed by atoms with Crippen LogP contribution in [0.2, 0.25) is 0 Å². The van der Waals surface area contributed by atoms with Crippen LogP contribution in [0, 0.1) is 5.92 Å². The minimum Gasteiger partial charge on any atom is -0.493 e. The van der Waals surface area contributed by atoms with Gasteiger partial charge in [-0.1, -0.05) is 19.4 Å². The number of halogens is 1. The first kappa shape index (κ1) is 13.5. The van der Waals surface area contributed by atoms with Gasteiger partial charge in [0.25, 0.3) is 0 Å². The molecule has 1 aliphatic carbocycles. The predicted molar refractivity (Wildman–Crippen MR) is 74.6 cm³/mol. The van der Waals surface area contributed by atoms with E-state index in [1.165, 1.54) is 19.3 Å². The summed E-state index contributed by atoms with van der Waals surface area (Å²) < 4.78 is 11.5. The highest BCUT2D eigenvalue weighted by Crippen LogP contribution is 2.30. The molecule has 100 valence electrons. The van der Waals surface area contributed by atoms with Gasteiger partial charge in [0.1, 0.15) is 11.5 Å². The zero-order valence-corrected chi connectivity index (χ0v) is 11.7. The van der Waals surface area contributed by atoms with E-state index in [-0.39, 0.29) is 0 Å². The van der Waals surface area contributed by atoms with E-state index in [9.17, 15) is 0 Å². The molecule has 1 aromatic carbocycles. The van der Waals surface area contributed by atoms with Crippen molar-refractivity contribution in [2.45, 2.75) is 38.5 Å². The molecule has 3 heteroatoms. The van der Waals surface area contributed by atoms with Crippen molar-refractivity contribution in [2.24, 2.45) is 5.92 Å². The lowest BCUT2D eigenvalue weighted by Gasteiger charge is -2.25. The van der Waals surface area contributed by atoms with Gasteiger partial charge in [-0.15, -0.1) is 11.6 Å². The molecule has 0 amide bonds. The zero-order valence-electron chi connectivity index (χ0n) is 11.0. The van der Waals surface area contributed by atoms with Gasteiger partial charge in [-0.25, -0.2) is 0 Å². The largest absolute Gasteiger partial charge is 0.493 e. The third kappa shape index (κ3) is 3.55. The summed E-state index contributed by atoms with van der Waals surface area (Å²) in [5, 5.41) is 0. The molecule has 0 aliphatic heterocycles. The van der Waals surface area contributed by atoms with Gasteiger partial charge in [-0.05, 0) is 31.2 Å². The normalized spacial score (nSPS) is 15.2. The summed E-state index contributed by atoms with van der Waals surface area (Å²) in [4.78, 5) is 0. The maximum Gasteiger partial charge on any atom is 0.127 e. The molecule has 18 heavy (non-hydrogen) atoms. The van der Waals surface area contributed by atoms with E-state index in [1.54, 1.807) is 0 Å². The zero-order chi connectivity index (χ0) is 12.8. The van der Waals surface area contributed by atoms with Gasteiger partial charge in [0.2, 0.25) is 0 Å². The molecule has 0 saturated heterocycles. The van der Waals surface area contributed by atoms with Crippen molar-refractivity contribution in [1.29, 1.82) is 0 Å². The van der Waals surface area contributed by atoms with Crippen LogP contribution in [0.5, 0.6) is 11.5 Å². The first-order chi connectivity index (χ1) is 8.83. The van der Waals surface area contributed by atoms with Gasteiger partial charge >= 0.3 is 0 Å². The highest BCUT2D eigenvalue weighted by molar-refractivity contribution is 6.17. The first-order valence-electron chi connectivity index (χ1n) is 6.78. The van der Waals surface area contributed by atoms with Crippen molar-refractivity contribution < 1.29 is 9.47 Å². The summed E-state index contributed by atoms with van der Waals surface area (Å²) in [6.45, 7) is 3.64. The molecule has 0 spiro atoms. The second kappa shape index (κ2) is 6.89. The lowest BCUT2D eigenvalue weighted by molar-refractivity contribution is 0.179. The van der Waals surface area contributed by atoms with Crippen molar-refractivity contribution in [3.05, 3.63) is 23.8 Å². The second-order valence-electron chi connectivity index (χ2n) is 4.86. The van der Waals surface area contributed by atoms with Crippen LogP contribution >= 0.6 is 11.6 Å². The van der Waals surface area contributed by atoms with Crippen LogP contribution in [0.4, 0.5) is 0 Å². The number of alkyl halides is 1. The molecule has 1 aliphatic rings. The number of hydrogen-bond donors (Lipinski definition) is 0. The van der Waals surface area contributed by atoms with Gasteiger partial charge in [0.05, 0.1) is 19.1 Å². The Kier molecular flexibility index (Phi) is 5.18. The van der Waals surface area contributed by atoms with Gasteiger partial charge in [-0.3, -0.25) is 0 Å². The van der Waals surface area contributed by atoms with E-state index < -0.39 is 0 Å². The number of ether oxygens (including phenoxy) is 2. The quantitative estimate of drug-likeness (QED) is 0.683. The molecule has 0 bridgehead atoms. The lowest BCUT2D eigenvalue weighted by atomic mass is 9.86. The SMILES string of the molecule is CCCOc1ccc(CCl)c(OCC2CCC2)c1. The third-order valence-electron chi connectivity index (χ3n) is 3.35. The fourth-order valence-electron chi connectivity index (χ4n) is 1.96. The van der Waals surface area contributed by atoms with E-state index >= 15 is 0 Å². The Hall–Kier alpha value is -0.890. The lowest BCUT2D eigenvalue weighted by Crippen LogP contribution is -2.19. The molecule has 0 N–H and O–H groups in total. The van der Waals surface area contributed by atoms with Crippen molar-refractivity contribution in [3.63, 3.8) is 0 Å². The standard InChI is InChI=1S/C15H21ClO2/c1-2-8-17-14-7-6-13(10-16)15(9-14)18-11-12-4-3-5-12/h6-7,9,12H,2-5,8,10-11H2,1H3. The van der Waals surface area contributed by atoms with E-state index in [0.29, 0.717) is 5.88 Å². The minimum atomic E-state index is 0.480. The molecular weight excluding hydrogens is 248 g/mol. The predicted octanol–water partition coefficient (Wildman–Crippen LogP) is 4.39. The minimum absolute atomic E-state index is 0.480. The highest BCUT2D eigenvalue weighted by atomic mass is 35.5. The van der Waals surface area contributed by atoms with Gasteiger partial charge in [-0.2, -0.15) is 0 Å². The molecular formula is C15H21ClO2. The maximum atomic E-state index is 5.93. The van der Waals surface area contributed by atoms with E-state index in [4.69, 9.17) is 21.1 Å². The molecule has 1 saturated carbocycles. The Morgan fingerprint density at radius 3 is 2.72 bits per heavy atom. The summed E-state index contributed by atoms with van der Waals surface area (Å²) in [7, 11) is 0. The molecule has 0 heterocycles. The summed E-state index contributed by atoms with van der Waals surface area (Å²) in [6.07, 6.45) is 4.94. The van der Waals surface area contributed by atoms with Crippen LogP contribution in [-0.4, -0.2) is 13.2 Å². The molecule has 0 aromatic heterocycles. The summed E-state index contributed by atoms with van der Waals surface area (Å²) in [6, 6.07) is 5.92. The average molecular weight is 269 g/mol.